The Bertz CT molecular complexity index is 828. The van der Waals surface area contributed by atoms with E-state index < -0.39 is 17.7 Å². The summed E-state index contributed by atoms with van der Waals surface area (Å²) in [6.45, 7) is 5.84. The molecule has 1 heterocycles. The van der Waals surface area contributed by atoms with Gasteiger partial charge in [-0.05, 0) is 25.0 Å². The number of aromatic nitrogens is 1. The van der Waals surface area contributed by atoms with Crippen LogP contribution in [0.25, 0.3) is 0 Å². The van der Waals surface area contributed by atoms with Gasteiger partial charge in [-0.1, -0.05) is 32.0 Å². The van der Waals surface area contributed by atoms with E-state index >= 15 is 0 Å². The largest absolute Gasteiger partial charge is 0.503 e. The third-order valence-corrected chi connectivity index (χ3v) is 4.48. The molecule has 2 aromatic rings. The monoisotopic (exact) mass is 416 g/mol. The van der Waals surface area contributed by atoms with Gasteiger partial charge in [-0.25, -0.2) is 4.98 Å². The summed E-state index contributed by atoms with van der Waals surface area (Å²) in [5.41, 5.74) is -0.235. The zero-order valence-electron chi connectivity index (χ0n) is 17.6. The van der Waals surface area contributed by atoms with Crippen molar-refractivity contribution in [1.29, 1.82) is 0 Å². The average molecular weight is 416 g/mol. The van der Waals surface area contributed by atoms with Crippen molar-refractivity contribution in [2.45, 2.75) is 39.0 Å². The van der Waals surface area contributed by atoms with Crippen LogP contribution in [0.5, 0.6) is 17.2 Å². The van der Waals surface area contributed by atoms with E-state index in [1.54, 1.807) is 0 Å². The quantitative estimate of drug-likeness (QED) is 0.542. The third-order valence-electron chi connectivity index (χ3n) is 4.48. The molecular weight excluding hydrogens is 388 g/mol. The number of nitrogens with zero attached hydrogens (tertiary/aromatic N) is 1. The number of rotatable bonds is 11. The minimum Gasteiger partial charge on any atom is -0.503 e. The molecule has 0 spiro atoms. The maximum Gasteiger partial charge on any atom is 0.274 e. The van der Waals surface area contributed by atoms with E-state index in [2.05, 4.69) is 10.3 Å². The molecule has 0 aliphatic heterocycles. The molecule has 1 aromatic carbocycles. The molecule has 0 bridgehead atoms. The van der Waals surface area contributed by atoms with Gasteiger partial charge in [0.15, 0.2) is 17.2 Å². The fraction of sp³-hybridized carbons (Fsp3) is 0.409. The van der Waals surface area contributed by atoms with Gasteiger partial charge < -0.3 is 29.4 Å². The number of benzene rings is 1. The minimum absolute atomic E-state index is 0.0531. The number of hydrogen-bond donors (Lipinski definition) is 2. The molecule has 3 atom stereocenters. The molecule has 0 aliphatic carbocycles. The van der Waals surface area contributed by atoms with E-state index in [1.807, 2.05) is 51.1 Å². The van der Waals surface area contributed by atoms with Crippen LogP contribution in [0.3, 0.4) is 0 Å². The first kappa shape index (κ1) is 23.2. The smallest absolute Gasteiger partial charge is 0.274 e. The summed E-state index contributed by atoms with van der Waals surface area (Å²) < 4.78 is 16.8. The van der Waals surface area contributed by atoms with Crippen LogP contribution in [0, 0.1) is 5.92 Å². The molecule has 1 unspecified atom stereocenters. The molecule has 1 aromatic heterocycles. The van der Waals surface area contributed by atoms with Crippen LogP contribution in [-0.2, 0) is 9.53 Å². The molecule has 0 radical (unpaired) electrons. The molecule has 162 valence electrons. The Morgan fingerprint density at radius 3 is 2.50 bits per heavy atom. The molecule has 0 saturated carbocycles. The van der Waals surface area contributed by atoms with Crippen molar-refractivity contribution in [2.24, 2.45) is 5.92 Å². The van der Waals surface area contributed by atoms with Gasteiger partial charge in [0.2, 0.25) is 0 Å². The summed E-state index contributed by atoms with van der Waals surface area (Å²) in [6.07, 6.45) is 1.31. The lowest BCUT2D eigenvalue weighted by atomic mass is 10.0. The number of hydrogen-bond acceptors (Lipinski definition) is 7. The fourth-order valence-corrected chi connectivity index (χ4v) is 2.90. The summed E-state index contributed by atoms with van der Waals surface area (Å²) >= 11 is 0. The van der Waals surface area contributed by atoms with Crippen LogP contribution < -0.4 is 14.8 Å². The predicted octanol–water partition coefficient (Wildman–Crippen LogP) is 2.60. The van der Waals surface area contributed by atoms with Crippen molar-refractivity contribution in [3.05, 3.63) is 48.3 Å². The highest BCUT2D eigenvalue weighted by atomic mass is 16.5. The highest BCUT2D eigenvalue weighted by molar-refractivity contribution is 5.96. The van der Waals surface area contributed by atoms with E-state index in [-0.39, 0.29) is 36.2 Å². The molecule has 1 amide bonds. The van der Waals surface area contributed by atoms with E-state index in [4.69, 9.17) is 14.2 Å². The molecule has 0 aliphatic rings. The fourth-order valence-electron chi connectivity index (χ4n) is 2.90. The molecule has 2 N–H and O–H groups in total. The van der Waals surface area contributed by atoms with Crippen molar-refractivity contribution in [3.63, 3.8) is 0 Å². The molecule has 0 fully saturated rings. The number of carbonyl (C=O) groups is 2. The van der Waals surface area contributed by atoms with Crippen LogP contribution in [0.15, 0.2) is 42.6 Å². The standard InChI is InChI=1S/C22H28N2O6/c1-14(2)21(30-17-8-6-5-7-9-17)15(3)29-13-16(12-25)24-22(27)19-20(26)18(28-4)10-11-23-19/h5-12,14-16,21,26H,13H2,1-4H3,(H,24,27)/t15-,16?,21+/m0/s1. The van der Waals surface area contributed by atoms with E-state index in [1.165, 1.54) is 19.4 Å². The summed E-state index contributed by atoms with van der Waals surface area (Å²) in [4.78, 5) is 27.7. The van der Waals surface area contributed by atoms with Crippen LogP contribution in [0.1, 0.15) is 31.3 Å². The van der Waals surface area contributed by atoms with Crippen molar-refractivity contribution in [2.75, 3.05) is 13.7 Å². The summed E-state index contributed by atoms with van der Waals surface area (Å²) in [5, 5.41) is 12.5. The van der Waals surface area contributed by atoms with Crippen LogP contribution in [0.2, 0.25) is 0 Å². The van der Waals surface area contributed by atoms with Gasteiger partial charge in [-0.2, -0.15) is 0 Å². The first-order valence-electron chi connectivity index (χ1n) is 9.68. The van der Waals surface area contributed by atoms with Gasteiger partial charge in [0.1, 0.15) is 24.2 Å². The highest BCUT2D eigenvalue weighted by Crippen LogP contribution is 2.27. The van der Waals surface area contributed by atoms with Gasteiger partial charge >= 0.3 is 0 Å². The Labute approximate surface area is 176 Å². The maximum atomic E-state index is 12.4. The van der Waals surface area contributed by atoms with Gasteiger partial charge in [-0.15, -0.1) is 0 Å². The Morgan fingerprint density at radius 1 is 1.20 bits per heavy atom. The maximum absolute atomic E-state index is 12.4. The van der Waals surface area contributed by atoms with Gasteiger partial charge in [-0.3, -0.25) is 4.79 Å². The number of aldehydes is 1. The van der Waals surface area contributed by atoms with Gasteiger partial charge in [0.25, 0.3) is 5.91 Å². The Morgan fingerprint density at radius 2 is 1.90 bits per heavy atom. The van der Waals surface area contributed by atoms with Gasteiger partial charge in [0, 0.05) is 12.3 Å². The number of ether oxygens (including phenoxy) is 3. The Hall–Kier alpha value is -3.13. The van der Waals surface area contributed by atoms with Crippen molar-refractivity contribution < 1.29 is 28.9 Å². The van der Waals surface area contributed by atoms with Crippen molar-refractivity contribution in [1.82, 2.24) is 10.3 Å². The first-order valence-corrected chi connectivity index (χ1v) is 9.68. The lowest BCUT2D eigenvalue weighted by Crippen LogP contribution is -2.43. The number of aromatic hydroxyl groups is 1. The lowest BCUT2D eigenvalue weighted by Gasteiger charge is -2.29. The second-order valence-corrected chi connectivity index (χ2v) is 7.10. The third kappa shape index (κ3) is 6.18. The normalized spacial score (nSPS) is 13.9. The topological polar surface area (TPSA) is 107 Å². The molecule has 8 heteroatoms. The molecule has 30 heavy (non-hydrogen) atoms. The van der Waals surface area contributed by atoms with E-state index in [0.717, 1.165) is 5.75 Å². The Kier molecular flexibility index (Phi) is 8.61. The zero-order valence-corrected chi connectivity index (χ0v) is 17.6. The zero-order chi connectivity index (χ0) is 22.1. The lowest BCUT2D eigenvalue weighted by molar-refractivity contribution is -0.112. The van der Waals surface area contributed by atoms with E-state index in [0.29, 0.717) is 6.29 Å². The SMILES string of the molecule is COc1ccnc(C(=O)NC(C=O)CO[C@@H](C)[C@H](Oc2ccccc2)C(C)C)c1O. The molecular formula is C22H28N2O6. The minimum atomic E-state index is -0.920. The van der Waals surface area contributed by atoms with Crippen molar-refractivity contribution >= 4 is 12.2 Å². The summed E-state index contributed by atoms with van der Waals surface area (Å²) in [5.74, 6) is -0.109. The molecule has 0 saturated heterocycles. The average Bonchev–Trinajstić information content (AvgIpc) is 2.75. The summed E-state index contributed by atoms with van der Waals surface area (Å²) in [6, 6.07) is 9.91. The Balaban J connectivity index is 1.98. The van der Waals surface area contributed by atoms with E-state index in [9.17, 15) is 14.7 Å². The number of nitrogens with one attached hydrogen (secondary N) is 1. The number of amides is 1. The number of para-hydroxylation sites is 1. The predicted molar refractivity (Wildman–Crippen MR) is 111 cm³/mol. The van der Waals surface area contributed by atoms with Crippen LogP contribution in [-0.4, -0.2) is 54.3 Å². The van der Waals surface area contributed by atoms with Crippen LogP contribution in [0.4, 0.5) is 0 Å². The van der Waals surface area contributed by atoms with Crippen molar-refractivity contribution in [3.8, 4) is 17.2 Å². The second kappa shape index (κ2) is 11.2. The first-order chi connectivity index (χ1) is 14.4. The molecule has 8 nitrogen and oxygen atoms in total. The number of pyridine rings is 1. The highest BCUT2D eigenvalue weighted by Gasteiger charge is 2.26. The number of methoxy groups -OCH3 is 1. The van der Waals surface area contributed by atoms with Crippen LogP contribution >= 0.6 is 0 Å². The number of carbonyl (C=O) groups excluding carboxylic acids is 2. The second-order valence-electron chi connectivity index (χ2n) is 7.10. The van der Waals surface area contributed by atoms with Gasteiger partial charge in [0.05, 0.1) is 19.8 Å². The molecule has 2 rings (SSSR count). The summed E-state index contributed by atoms with van der Waals surface area (Å²) in [7, 11) is 1.36.